The van der Waals surface area contributed by atoms with Gasteiger partial charge >= 0.3 is 5.97 Å². The lowest BCUT2D eigenvalue weighted by Gasteiger charge is -2.58. The number of rotatable bonds is 5. The molecule has 12 heteroatoms. The Morgan fingerprint density at radius 2 is 1.48 bits per heavy atom. The normalized spacial score (nSPS) is 30.1. The van der Waals surface area contributed by atoms with Gasteiger partial charge in [0.25, 0.3) is 0 Å². The van der Waals surface area contributed by atoms with Crippen molar-refractivity contribution in [3.8, 4) is 0 Å². The van der Waals surface area contributed by atoms with E-state index >= 15 is 0 Å². The second-order valence-electron chi connectivity index (χ2n) is 11.0. The van der Waals surface area contributed by atoms with E-state index in [1.807, 2.05) is 0 Å². The van der Waals surface area contributed by atoms with Gasteiger partial charge in [-0.25, -0.2) is 4.79 Å². The van der Waals surface area contributed by atoms with Gasteiger partial charge in [-0.1, -0.05) is 6.08 Å². The van der Waals surface area contributed by atoms with Crippen LogP contribution in [0.3, 0.4) is 0 Å². The molecule has 1 N–H and O–H groups in total. The molecule has 0 aromatic rings. The van der Waals surface area contributed by atoms with Crippen LogP contribution in [0.5, 0.6) is 0 Å². The number of aliphatic hydroxyl groups excluding tert-OH is 1. The molecule has 5 atom stereocenters. The molecule has 0 spiro atoms. The van der Waals surface area contributed by atoms with Crippen LogP contribution >= 0.6 is 0 Å². The zero-order chi connectivity index (χ0) is 30.9. The van der Waals surface area contributed by atoms with Gasteiger partial charge in [0.05, 0.1) is 32.3 Å². The highest BCUT2D eigenvalue weighted by molar-refractivity contribution is 6.27. The molecule has 5 aliphatic rings. The Bertz CT molecular complexity index is 1540. The number of piperazine rings is 1. The molecule has 12 nitrogen and oxygen atoms in total. The summed E-state index contributed by atoms with van der Waals surface area (Å²) in [5.41, 5.74) is 0.281. The number of esters is 1. The van der Waals surface area contributed by atoms with E-state index < -0.39 is 71.9 Å². The minimum atomic E-state index is -1.66. The number of nitrogens with zero attached hydrogens (tertiary/aromatic N) is 2. The predicted octanol–water partition coefficient (Wildman–Crippen LogP) is 0.260. The first-order chi connectivity index (χ1) is 19.8. The number of allylic oxidation sites excluding steroid dienone is 5. The van der Waals surface area contributed by atoms with Crippen molar-refractivity contribution >= 4 is 35.0 Å². The van der Waals surface area contributed by atoms with Crippen molar-refractivity contribution in [2.24, 2.45) is 0 Å². The lowest BCUT2D eigenvalue weighted by Crippen LogP contribution is -2.75. The van der Waals surface area contributed by atoms with Crippen molar-refractivity contribution in [2.75, 3.05) is 27.9 Å². The Morgan fingerprint density at radius 1 is 0.905 bits per heavy atom. The standard InChI is InChI=1S/C30H32N2O10/c1-8-11(2)30(39)42-10-16-17-14(22(33)12(3)27(40-6)25(17)36)9-15-20-18-19(23(34)13(4)28(41-7)26(18)37)24(35)21(31(20)5)29(38)32(15)16/h8,15-16,20-21,24,35H,9-10H2,1-7H3/b11-8-/t15-,16+,20-,21-,24-/m1/s1. The van der Waals surface area contributed by atoms with Crippen molar-refractivity contribution in [3.63, 3.8) is 0 Å². The number of aliphatic hydroxyl groups is 1. The Morgan fingerprint density at radius 3 is 2.05 bits per heavy atom. The molecule has 0 aromatic heterocycles. The largest absolute Gasteiger partial charge is 0.492 e. The number of amides is 1. The summed E-state index contributed by atoms with van der Waals surface area (Å²) < 4.78 is 16.1. The Balaban J connectivity index is 1.71. The predicted molar refractivity (Wildman–Crippen MR) is 144 cm³/mol. The lowest BCUT2D eigenvalue weighted by atomic mass is 9.68. The number of ketones is 4. The number of likely N-dealkylation sites (N-methyl/N-ethyl adjacent to an activating group) is 1. The fourth-order valence-electron chi connectivity index (χ4n) is 6.85. The van der Waals surface area contributed by atoms with Gasteiger partial charge in [-0.2, -0.15) is 0 Å². The average molecular weight is 581 g/mol. The molecule has 0 aromatic carbocycles. The van der Waals surface area contributed by atoms with Gasteiger partial charge in [-0.3, -0.25) is 28.9 Å². The van der Waals surface area contributed by atoms with Gasteiger partial charge in [-0.15, -0.1) is 0 Å². The zero-order valence-corrected chi connectivity index (χ0v) is 24.4. The number of ether oxygens (including phenoxy) is 3. The highest BCUT2D eigenvalue weighted by Crippen LogP contribution is 2.47. The Hall–Kier alpha value is -4.16. The van der Waals surface area contributed by atoms with Crippen LogP contribution < -0.4 is 0 Å². The average Bonchev–Trinajstić information content (AvgIpc) is 2.96. The summed E-state index contributed by atoms with van der Waals surface area (Å²) in [6, 6.07) is -4.38. The van der Waals surface area contributed by atoms with E-state index in [0.717, 1.165) is 0 Å². The van der Waals surface area contributed by atoms with Crippen LogP contribution in [0.15, 0.2) is 56.6 Å². The third-order valence-electron chi connectivity index (χ3n) is 9.01. The van der Waals surface area contributed by atoms with Gasteiger partial charge in [-0.05, 0) is 41.2 Å². The summed E-state index contributed by atoms with van der Waals surface area (Å²) in [5, 5.41) is 11.4. The van der Waals surface area contributed by atoms with Gasteiger partial charge < -0.3 is 24.2 Å². The van der Waals surface area contributed by atoms with E-state index in [1.54, 1.807) is 27.0 Å². The molecule has 3 aliphatic heterocycles. The van der Waals surface area contributed by atoms with E-state index in [9.17, 15) is 33.9 Å². The number of carbonyl (C=O) groups excluding carboxylic acids is 6. The first kappa shape index (κ1) is 29.3. The smallest absolute Gasteiger partial charge is 0.333 e. The van der Waals surface area contributed by atoms with Crippen LogP contribution in [-0.4, -0.2) is 108 Å². The van der Waals surface area contributed by atoms with Crippen molar-refractivity contribution < 1.29 is 48.1 Å². The highest BCUT2D eigenvalue weighted by atomic mass is 16.5. The quantitative estimate of drug-likeness (QED) is 0.270. The number of methoxy groups -OCH3 is 2. The number of Topliss-reactive ketones (excluding diaryl/α,β-unsaturated/α-hetero) is 4. The summed E-state index contributed by atoms with van der Waals surface area (Å²) in [4.78, 5) is 84.3. The summed E-state index contributed by atoms with van der Waals surface area (Å²) in [6.45, 7) is 5.61. The van der Waals surface area contributed by atoms with Gasteiger partial charge in [0, 0.05) is 39.0 Å². The van der Waals surface area contributed by atoms with Crippen LogP contribution in [0.2, 0.25) is 0 Å². The maximum absolute atomic E-state index is 14.2. The van der Waals surface area contributed by atoms with E-state index in [1.165, 1.54) is 37.9 Å². The van der Waals surface area contributed by atoms with Crippen LogP contribution in [0, 0.1) is 0 Å². The molecule has 3 heterocycles. The number of hydrogen-bond donors (Lipinski definition) is 1. The molecule has 222 valence electrons. The Kier molecular flexibility index (Phi) is 7.18. The number of fused-ring (bicyclic) bond motifs is 5. The van der Waals surface area contributed by atoms with E-state index in [0.29, 0.717) is 5.57 Å². The molecule has 2 aliphatic carbocycles. The van der Waals surface area contributed by atoms with Crippen molar-refractivity contribution in [1.82, 2.24) is 9.80 Å². The molecule has 1 saturated heterocycles. The fraction of sp³-hybridized carbons (Fsp3) is 0.467. The topological polar surface area (TPSA) is 157 Å². The van der Waals surface area contributed by atoms with Gasteiger partial charge in [0.1, 0.15) is 18.8 Å². The molecule has 42 heavy (non-hydrogen) atoms. The highest BCUT2D eigenvalue weighted by Gasteiger charge is 2.62. The zero-order valence-electron chi connectivity index (χ0n) is 24.4. The third kappa shape index (κ3) is 3.81. The molecule has 0 unspecified atom stereocenters. The fourth-order valence-corrected chi connectivity index (χ4v) is 6.85. The second-order valence-corrected chi connectivity index (χ2v) is 11.0. The van der Waals surface area contributed by atoms with Crippen molar-refractivity contribution in [1.29, 1.82) is 0 Å². The maximum Gasteiger partial charge on any atom is 0.333 e. The molecular weight excluding hydrogens is 548 g/mol. The first-order valence-electron chi connectivity index (χ1n) is 13.5. The monoisotopic (exact) mass is 580 g/mol. The van der Waals surface area contributed by atoms with Crippen LogP contribution in [0.1, 0.15) is 34.1 Å². The van der Waals surface area contributed by atoms with Crippen molar-refractivity contribution in [3.05, 3.63) is 56.6 Å². The molecule has 0 saturated carbocycles. The van der Waals surface area contributed by atoms with Crippen LogP contribution in [-0.2, 0) is 43.0 Å². The Labute approximate surface area is 241 Å². The minimum Gasteiger partial charge on any atom is -0.492 e. The summed E-state index contributed by atoms with van der Waals surface area (Å²) in [6.07, 6.45) is -0.242. The maximum atomic E-state index is 14.2. The number of hydrogen-bond acceptors (Lipinski definition) is 11. The third-order valence-corrected chi connectivity index (χ3v) is 9.01. The van der Waals surface area contributed by atoms with Crippen LogP contribution in [0.25, 0.3) is 0 Å². The SMILES string of the molecule is C/C=C(/C)C(=O)OC[C@H]1C2=C(C[C@@H]3[C@@H]4C5=C(C(=O)C(C)=C(OC)C5=O)[C@@H](O)[C@H](C(=O)N31)N4C)C(=O)C(C)=C(OC)C2=O. The molecule has 1 amide bonds. The second kappa shape index (κ2) is 10.3. The van der Waals surface area contributed by atoms with E-state index in [-0.39, 0.29) is 51.4 Å². The molecule has 0 radical (unpaired) electrons. The number of carbonyl (C=O) groups is 6. The van der Waals surface area contributed by atoms with Gasteiger partial charge in [0.2, 0.25) is 17.5 Å². The summed E-state index contributed by atoms with van der Waals surface area (Å²) in [5.74, 6) is -3.97. The van der Waals surface area contributed by atoms with Crippen molar-refractivity contribution in [2.45, 2.75) is 64.4 Å². The van der Waals surface area contributed by atoms with E-state index in [4.69, 9.17) is 14.2 Å². The minimum absolute atomic E-state index is 0.0194. The lowest BCUT2D eigenvalue weighted by molar-refractivity contribution is -0.164. The molecular formula is C30H32N2O10. The summed E-state index contributed by atoms with van der Waals surface area (Å²) in [7, 11) is 4.08. The van der Waals surface area contributed by atoms with E-state index in [2.05, 4.69) is 0 Å². The molecule has 1 fully saturated rings. The first-order valence-corrected chi connectivity index (χ1v) is 13.5. The van der Waals surface area contributed by atoms with Gasteiger partial charge in [0.15, 0.2) is 23.1 Å². The summed E-state index contributed by atoms with van der Waals surface area (Å²) >= 11 is 0. The molecule has 2 bridgehead atoms. The molecule has 5 rings (SSSR count). The van der Waals surface area contributed by atoms with Crippen LogP contribution in [0.4, 0.5) is 0 Å².